The van der Waals surface area contributed by atoms with Crippen LogP contribution < -0.4 is 10.6 Å². The normalized spacial score (nSPS) is 17.7. The minimum atomic E-state index is -0.284. The largest absolute Gasteiger partial charge is 0.354 e. The van der Waals surface area contributed by atoms with Gasteiger partial charge in [-0.15, -0.1) is 12.4 Å². The minimum absolute atomic E-state index is 0. The summed E-state index contributed by atoms with van der Waals surface area (Å²) in [6.07, 6.45) is 2.55. The van der Waals surface area contributed by atoms with Crippen LogP contribution in [-0.2, 0) is 11.2 Å². The predicted octanol–water partition coefficient (Wildman–Crippen LogP) is 1.53. The van der Waals surface area contributed by atoms with Crippen LogP contribution in [0.2, 0.25) is 0 Å². The number of nitrogens with zero attached hydrogens (tertiary/aromatic N) is 1. The first-order valence-corrected chi connectivity index (χ1v) is 6.87. The number of halogens is 2. The van der Waals surface area contributed by atoms with Crippen LogP contribution in [0, 0.1) is 5.82 Å². The molecule has 1 atom stereocenters. The minimum Gasteiger partial charge on any atom is -0.354 e. The summed E-state index contributed by atoms with van der Waals surface area (Å²) < 4.78 is 13.1. The quantitative estimate of drug-likeness (QED) is 0.802. The Bertz CT molecular complexity index is 624. The van der Waals surface area contributed by atoms with Crippen LogP contribution in [0.15, 0.2) is 18.2 Å². The fourth-order valence-electron chi connectivity index (χ4n) is 2.49. The third-order valence-corrected chi connectivity index (χ3v) is 3.53. The van der Waals surface area contributed by atoms with Crippen molar-refractivity contribution in [3.05, 3.63) is 29.8 Å². The van der Waals surface area contributed by atoms with Crippen molar-refractivity contribution < 1.29 is 9.18 Å². The Kier molecular flexibility index (Phi) is 5.14. The van der Waals surface area contributed by atoms with Gasteiger partial charge in [0.2, 0.25) is 5.91 Å². The lowest BCUT2D eigenvalue weighted by Crippen LogP contribution is -2.41. The van der Waals surface area contributed by atoms with Gasteiger partial charge in [0.05, 0.1) is 17.1 Å². The molecule has 1 amide bonds. The monoisotopic (exact) mass is 312 g/mol. The molecule has 0 aliphatic carbocycles. The summed E-state index contributed by atoms with van der Waals surface area (Å²) in [4.78, 5) is 19.2. The van der Waals surface area contributed by atoms with E-state index < -0.39 is 0 Å². The molecule has 2 heterocycles. The van der Waals surface area contributed by atoms with Crippen molar-refractivity contribution in [1.82, 2.24) is 20.6 Å². The molecule has 114 valence electrons. The zero-order valence-electron chi connectivity index (χ0n) is 11.5. The van der Waals surface area contributed by atoms with E-state index in [1.165, 1.54) is 12.1 Å². The molecule has 3 rings (SSSR count). The molecule has 0 spiro atoms. The van der Waals surface area contributed by atoms with Crippen molar-refractivity contribution in [3.63, 3.8) is 0 Å². The highest BCUT2D eigenvalue weighted by molar-refractivity contribution is 5.85. The van der Waals surface area contributed by atoms with Gasteiger partial charge in [0, 0.05) is 13.0 Å². The summed E-state index contributed by atoms with van der Waals surface area (Å²) >= 11 is 0. The third-order valence-electron chi connectivity index (χ3n) is 3.53. The first-order valence-electron chi connectivity index (χ1n) is 6.87. The Morgan fingerprint density at radius 1 is 1.48 bits per heavy atom. The van der Waals surface area contributed by atoms with E-state index in [0.29, 0.717) is 18.5 Å². The second kappa shape index (κ2) is 6.87. The topological polar surface area (TPSA) is 69.8 Å². The number of imidazole rings is 1. The number of benzene rings is 1. The summed E-state index contributed by atoms with van der Waals surface area (Å²) in [6.45, 7) is 1.44. The number of rotatable bonds is 4. The number of nitrogens with one attached hydrogen (secondary N) is 3. The number of aromatic amines is 1. The van der Waals surface area contributed by atoms with Gasteiger partial charge < -0.3 is 15.6 Å². The molecule has 0 unspecified atom stereocenters. The van der Waals surface area contributed by atoms with E-state index in [1.54, 1.807) is 6.07 Å². The number of carbonyl (C=O) groups excluding carboxylic acids is 1. The summed E-state index contributed by atoms with van der Waals surface area (Å²) in [5, 5.41) is 6.05. The fraction of sp³-hybridized carbons (Fsp3) is 0.429. The zero-order valence-corrected chi connectivity index (χ0v) is 12.3. The van der Waals surface area contributed by atoms with Crippen molar-refractivity contribution in [2.24, 2.45) is 0 Å². The molecule has 3 N–H and O–H groups in total. The van der Waals surface area contributed by atoms with E-state index in [0.717, 1.165) is 30.7 Å². The maximum absolute atomic E-state index is 13.1. The van der Waals surface area contributed by atoms with Gasteiger partial charge in [-0.05, 0) is 37.6 Å². The molecule has 0 saturated carbocycles. The maximum Gasteiger partial charge on any atom is 0.237 e. The van der Waals surface area contributed by atoms with Gasteiger partial charge in [0.25, 0.3) is 0 Å². The van der Waals surface area contributed by atoms with Gasteiger partial charge in [0.15, 0.2) is 0 Å². The van der Waals surface area contributed by atoms with Gasteiger partial charge in [-0.3, -0.25) is 4.79 Å². The second-order valence-electron chi connectivity index (χ2n) is 5.03. The van der Waals surface area contributed by atoms with Gasteiger partial charge in [-0.2, -0.15) is 0 Å². The molecule has 1 aromatic heterocycles. The SMILES string of the molecule is Cl.O=C(NCCc1nc2ccc(F)cc2[nH]1)[C@@H]1CCCN1. The van der Waals surface area contributed by atoms with Crippen LogP contribution in [0.25, 0.3) is 11.0 Å². The molecule has 0 radical (unpaired) electrons. The van der Waals surface area contributed by atoms with E-state index in [9.17, 15) is 9.18 Å². The molecule has 7 heteroatoms. The number of fused-ring (bicyclic) bond motifs is 1. The van der Waals surface area contributed by atoms with E-state index in [2.05, 4.69) is 20.6 Å². The Morgan fingerprint density at radius 2 is 2.33 bits per heavy atom. The Balaban J connectivity index is 0.00000161. The Morgan fingerprint density at radius 3 is 3.10 bits per heavy atom. The molecule has 1 aliphatic heterocycles. The van der Waals surface area contributed by atoms with Crippen molar-refractivity contribution in [2.45, 2.75) is 25.3 Å². The van der Waals surface area contributed by atoms with Crippen molar-refractivity contribution in [2.75, 3.05) is 13.1 Å². The maximum atomic E-state index is 13.1. The molecule has 1 fully saturated rings. The third kappa shape index (κ3) is 3.71. The summed E-state index contributed by atoms with van der Waals surface area (Å²) in [5.74, 6) is 0.517. The predicted molar refractivity (Wildman–Crippen MR) is 81.0 cm³/mol. The van der Waals surface area contributed by atoms with Crippen LogP contribution in [0.3, 0.4) is 0 Å². The molecular weight excluding hydrogens is 295 g/mol. The van der Waals surface area contributed by atoms with E-state index in [-0.39, 0.29) is 30.2 Å². The molecule has 1 saturated heterocycles. The van der Waals surface area contributed by atoms with Crippen molar-refractivity contribution in [1.29, 1.82) is 0 Å². The molecule has 0 bridgehead atoms. The molecular formula is C14H18ClFN4O. The number of aromatic nitrogens is 2. The fourth-order valence-corrected chi connectivity index (χ4v) is 2.49. The molecule has 21 heavy (non-hydrogen) atoms. The summed E-state index contributed by atoms with van der Waals surface area (Å²) in [7, 11) is 0. The highest BCUT2D eigenvalue weighted by Crippen LogP contribution is 2.13. The lowest BCUT2D eigenvalue weighted by atomic mass is 10.2. The van der Waals surface area contributed by atoms with E-state index >= 15 is 0 Å². The number of hydrogen-bond donors (Lipinski definition) is 3. The van der Waals surface area contributed by atoms with Crippen LogP contribution in [0.5, 0.6) is 0 Å². The van der Waals surface area contributed by atoms with E-state index in [1.807, 2.05) is 0 Å². The molecule has 2 aromatic rings. The van der Waals surface area contributed by atoms with Crippen LogP contribution in [0.1, 0.15) is 18.7 Å². The van der Waals surface area contributed by atoms with Crippen LogP contribution in [-0.4, -0.2) is 35.0 Å². The molecule has 1 aliphatic rings. The lowest BCUT2D eigenvalue weighted by molar-refractivity contribution is -0.122. The Labute approximate surface area is 128 Å². The summed E-state index contributed by atoms with van der Waals surface area (Å²) in [5.41, 5.74) is 1.42. The first kappa shape index (κ1) is 15.7. The van der Waals surface area contributed by atoms with Gasteiger partial charge >= 0.3 is 0 Å². The molecule has 1 aromatic carbocycles. The highest BCUT2D eigenvalue weighted by atomic mass is 35.5. The van der Waals surface area contributed by atoms with Gasteiger partial charge in [0.1, 0.15) is 11.6 Å². The number of amides is 1. The average Bonchev–Trinajstić information content (AvgIpc) is 3.06. The second-order valence-corrected chi connectivity index (χ2v) is 5.03. The van der Waals surface area contributed by atoms with Crippen molar-refractivity contribution >= 4 is 29.3 Å². The smallest absolute Gasteiger partial charge is 0.237 e. The standard InChI is InChI=1S/C14H17FN4O.ClH/c15-9-3-4-10-12(8-9)19-13(18-10)5-7-17-14(20)11-2-1-6-16-11;/h3-4,8,11,16H,1-2,5-7H2,(H,17,20)(H,18,19);1H/t11-;/m0./s1. The van der Waals surface area contributed by atoms with E-state index in [4.69, 9.17) is 0 Å². The van der Waals surface area contributed by atoms with Gasteiger partial charge in [-0.25, -0.2) is 9.37 Å². The number of hydrogen-bond acceptors (Lipinski definition) is 3. The average molecular weight is 313 g/mol. The van der Waals surface area contributed by atoms with Gasteiger partial charge in [-0.1, -0.05) is 0 Å². The molecule has 5 nitrogen and oxygen atoms in total. The summed E-state index contributed by atoms with van der Waals surface area (Å²) in [6, 6.07) is 4.40. The van der Waals surface area contributed by atoms with Crippen LogP contribution >= 0.6 is 12.4 Å². The highest BCUT2D eigenvalue weighted by Gasteiger charge is 2.21. The first-order chi connectivity index (χ1) is 9.72. The lowest BCUT2D eigenvalue weighted by Gasteiger charge is -2.10. The number of H-pyrrole nitrogens is 1. The van der Waals surface area contributed by atoms with Crippen LogP contribution in [0.4, 0.5) is 4.39 Å². The van der Waals surface area contributed by atoms with Crippen molar-refractivity contribution in [3.8, 4) is 0 Å². The zero-order chi connectivity index (χ0) is 13.9. The Hall–Kier alpha value is -1.66. The number of carbonyl (C=O) groups is 1.